The van der Waals surface area contributed by atoms with Crippen LogP contribution in [0.5, 0.6) is 0 Å². The van der Waals surface area contributed by atoms with Crippen molar-refractivity contribution < 1.29 is 19.2 Å². The summed E-state index contributed by atoms with van der Waals surface area (Å²) in [6, 6.07) is 5.85. The van der Waals surface area contributed by atoms with Crippen molar-refractivity contribution in [3.63, 3.8) is 0 Å². The lowest BCUT2D eigenvalue weighted by Gasteiger charge is -2.38. The van der Waals surface area contributed by atoms with Crippen molar-refractivity contribution in [1.82, 2.24) is 25.4 Å². The molecule has 1 aromatic carbocycles. The third kappa shape index (κ3) is 5.46. The number of likely N-dealkylation sites (N-methyl/N-ethyl adjacent to an activating group) is 1. The molecule has 36 heavy (non-hydrogen) atoms. The maximum Gasteiger partial charge on any atom is 0.247 e. The number of para-hydroxylation sites is 1. The smallest absolute Gasteiger partial charge is 0.247 e. The van der Waals surface area contributed by atoms with Gasteiger partial charge in [0.2, 0.25) is 17.7 Å². The van der Waals surface area contributed by atoms with Crippen molar-refractivity contribution in [3.05, 3.63) is 36.0 Å². The molecule has 2 aliphatic heterocycles. The van der Waals surface area contributed by atoms with Crippen LogP contribution in [0.3, 0.4) is 0 Å². The van der Waals surface area contributed by atoms with Gasteiger partial charge >= 0.3 is 0 Å². The molecule has 0 aliphatic carbocycles. The summed E-state index contributed by atoms with van der Waals surface area (Å²) in [7, 11) is 1.72. The number of nitrogens with one attached hydrogen (secondary N) is 3. The number of carbonyl (C=O) groups excluding carboxylic acids is 4. The summed E-state index contributed by atoms with van der Waals surface area (Å²) in [5.41, 5.74) is 2.00. The Morgan fingerprint density at radius 1 is 1.19 bits per heavy atom. The van der Waals surface area contributed by atoms with E-state index in [1.807, 2.05) is 44.3 Å². The van der Waals surface area contributed by atoms with E-state index in [2.05, 4.69) is 15.6 Å². The first-order valence-electron chi connectivity index (χ1n) is 12.9. The second-order valence-electron chi connectivity index (χ2n) is 10.4. The van der Waals surface area contributed by atoms with Crippen molar-refractivity contribution in [3.8, 4) is 0 Å². The number of aromatic nitrogens is 1. The average Bonchev–Trinajstić information content (AvgIpc) is 3.45. The second-order valence-corrected chi connectivity index (χ2v) is 10.4. The van der Waals surface area contributed by atoms with Crippen LogP contribution in [0, 0.1) is 5.92 Å². The maximum atomic E-state index is 13.7. The van der Waals surface area contributed by atoms with Crippen molar-refractivity contribution in [1.29, 1.82) is 0 Å². The van der Waals surface area contributed by atoms with Gasteiger partial charge in [0, 0.05) is 42.7 Å². The predicted octanol–water partition coefficient (Wildman–Crippen LogP) is 1.62. The van der Waals surface area contributed by atoms with Crippen LogP contribution in [0.4, 0.5) is 0 Å². The lowest BCUT2D eigenvalue weighted by Crippen LogP contribution is -2.61. The van der Waals surface area contributed by atoms with Gasteiger partial charge in [-0.2, -0.15) is 0 Å². The van der Waals surface area contributed by atoms with Crippen LogP contribution in [0.2, 0.25) is 0 Å². The third-order valence-electron chi connectivity index (χ3n) is 7.41. The molecule has 0 bridgehead atoms. The molecule has 3 N–H and O–H groups in total. The molecule has 194 valence electrons. The first-order valence-corrected chi connectivity index (χ1v) is 12.9. The van der Waals surface area contributed by atoms with Crippen LogP contribution in [0.1, 0.15) is 45.1 Å². The molecule has 0 spiro atoms. The standard InChI is InChI=1S/C27H37N5O4/c1-17(2)12-25(34)31-11-10-19-8-9-20(16-33)32(19)27(36)24(15-31)30-26(35)23(28-3)13-18-14-29-22-7-5-4-6-21(18)22/h4-7,14,16-17,19-20,23-24,28-29H,8-13,15H2,1-3H3,(H,30,35)/t19-,20+,23+,24+/m1/s1. The Balaban J connectivity index is 1.55. The van der Waals surface area contributed by atoms with Gasteiger partial charge in [-0.1, -0.05) is 32.0 Å². The lowest BCUT2D eigenvalue weighted by atomic mass is 10.0. The number of rotatable bonds is 8. The van der Waals surface area contributed by atoms with Crippen LogP contribution in [-0.4, -0.2) is 83.1 Å². The molecule has 0 radical (unpaired) electrons. The normalized spacial score (nSPS) is 23.3. The molecule has 3 heterocycles. The summed E-state index contributed by atoms with van der Waals surface area (Å²) in [4.78, 5) is 58.4. The highest BCUT2D eigenvalue weighted by Crippen LogP contribution is 2.28. The number of benzene rings is 1. The van der Waals surface area contributed by atoms with Crippen LogP contribution in [-0.2, 0) is 25.6 Å². The van der Waals surface area contributed by atoms with Crippen LogP contribution < -0.4 is 10.6 Å². The monoisotopic (exact) mass is 495 g/mol. The van der Waals surface area contributed by atoms with Gasteiger partial charge in [-0.05, 0) is 50.3 Å². The van der Waals surface area contributed by atoms with E-state index in [9.17, 15) is 19.2 Å². The molecule has 2 aliphatic rings. The Bertz CT molecular complexity index is 1110. The Morgan fingerprint density at radius 2 is 1.97 bits per heavy atom. The number of hydrogen-bond acceptors (Lipinski definition) is 5. The zero-order valence-corrected chi connectivity index (χ0v) is 21.3. The van der Waals surface area contributed by atoms with E-state index in [0.717, 1.165) is 29.2 Å². The fourth-order valence-electron chi connectivity index (χ4n) is 5.48. The van der Waals surface area contributed by atoms with Crippen molar-refractivity contribution in [2.24, 2.45) is 5.92 Å². The molecule has 1 aromatic heterocycles. The highest BCUT2D eigenvalue weighted by Gasteiger charge is 2.43. The van der Waals surface area contributed by atoms with Crippen LogP contribution >= 0.6 is 0 Å². The molecular formula is C27H37N5O4. The first-order chi connectivity index (χ1) is 17.3. The Morgan fingerprint density at radius 3 is 2.69 bits per heavy atom. The van der Waals surface area contributed by atoms with Gasteiger partial charge < -0.3 is 30.2 Å². The largest absolute Gasteiger partial charge is 0.361 e. The number of aldehydes is 1. The molecule has 0 unspecified atom stereocenters. The minimum absolute atomic E-state index is 0.0145. The summed E-state index contributed by atoms with van der Waals surface area (Å²) in [6.45, 7) is 4.58. The minimum Gasteiger partial charge on any atom is -0.361 e. The zero-order chi connectivity index (χ0) is 25.8. The SMILES string of the molecule is CN[C@@H](Cc1c[nH]c2ccccc12)C(=O)N[C@H]1CN(C(=O)CC(C)C)CC[C@H]2CC[C@@H](C=O)N2C1=O. The van der Waals surface area contributed by atoms with Crippen molar-refractivity contribution in [2.75, 3.05) is 20.1 Å². The van der Waals surface area contributed by atoms with Gasteiger partial charge in [0.1, 0.15) is 12.3 Å². The lowest BCUT2D eigenvalue weighted by molar-refractivity contribution is -0.145. The molecule has 0 saturated carbocycles. The van der Waals surface area contributed by atoms with Gasteiger partial charge in [0.05, 0.1) is 12.1 Å². The van der Waals surface area contributed by atoms with Crippen LogP contribution in [0.15, 0.2) is 30.5 Å². The van der Waals surface area contributed by atoms with Gasteiger partial charge in [0.25, 0.3) is 0 Å². The predicted molar refractivity (Wildman–Crippen MR) is 137 cm³/mol. The summed E-state index contributed by atoms with van der Waals surface area (Å²) in [6.07, 6.45) is 5.53. The molecule has 9 heteroatoms. The third-order valence-corrected chi connectivity index (χ3v) is 7.41. The van der Waals surface area contributed by atoms with Gasteiger partial charge in [-0.3, -0.25) is 14.4 Å². The number of carbonyl (C=O) groups is 4. The number of hydrogen-bond donors (Lipinski definition) is 3. The highest BCUT2D eigenvalue weighted by molar-refractivity contribution is 5.93. The number of amides is 3. The van der Waals surface area contributed by atoms with E-state index in [1.54, 1.807) is 16.8 Å². The Hall–Kier alpha value is -3.20. The molecule has 4 rings (SSSR count). The van der Waals surface area contributed by atoms with Gasteiger partial charge in [-0.25, -0.2) is 0 Å². The molecule has 9 nitrogen and oxygen atoms in total. The van der Waals surface area contributed by atoms with E-state index in [-0.39, 0.29) is 36.2 Å². The summed E-state index contributed by atoms with van der Waals surface area (Å²) < 4.78 is 0. The summed E-state index contributed by atoms with van der Waals surface area (Å²) in [5.74, 6) is -0.415. The van der Waals surface area contributed by atoms with E-state index < -0.39 is 18.1 Å². The molecule has 3 amide bonds. The first kappa shape index (κ1) is 25.9. The van der Waals surface area contributed by atoms with E-state index in [1.165, 1.54) is 0 Å². The van der Waals surface area contributed by atoms with E-state index >= 15 is 0 Å². The number of nitrogens with zero attached hydrogens (tertiary/aromatic N) is 2. The maximum absolute atomic E-state index is 13.7. The number of aromatic amines is 1. The molecule has 4 atom stereocenters. The Kier molecular flexibility index (Phi) is 8.08. The van der Waals surface area contributed by atoms with Gasteiger partial charge in [-0.15, -0.1) is 0 Å². The quantitative estimate of drug-likeness (QED) is 0.482. The van der Waals surface area contributed by atoms with Gasteiger partial charge in [0.15, 0.2) is 0 Å². The summed E-state index contributed by atoms with van der Waals surface area (Å²) in [5, 5.41) is 7.05. The fourth-order valence-corrected chi connectivity index (χ4v) is 5.48. The van der Waals surface area contributed by atoms with Crippen molar-refractivity contribution in [2.45, 2.75) is 70.1 Å². The number of H-pyrrole nitrogens is 1. The van der Waals surface area contributed by atoms with E-state index in [0.29, 0.717) is 32.2 Å². The minimum atomic E-state index is -0.907. The molecular weight excluding hydrogens is 458 g/mol. The topological polar surface area (TPSA) is 115 Å². The van der Waals surface area contributed by atoms with Crippen LogP contribution in [0.25, 0.3) is 10.9 Å². The molecule has 2 saturated heterocycles. The zero-order valence-electron chi connectivity index (χ0n) is 21.3. The highest BCUT2D eigenvalue weighted by atomic mass is 16.2. The average molecular weight is 496 g/mol. The summed E-state index contributed by atoms with van der Waals surface area (Å²) >= 11 is 0. The Labute approximate surface area is 212 Å². The fraction of sp³-hybridized carbons (Fsp3) is 0.556. The molecule has 2 fully saturated rings. The second kappa shape index (κ2) is 11.2. The molecule has 2 aromatic rings. The number of fused-ring (bicyclic) bond motifs is 2. The van der Waals surface area contributed by atoms with Crippen molar-refractivity contribution >= 4 is 34.9 Å². The van der Waals surface area contributed by atoms with E-state index in [4.69, 9.17) is 0 Å².